The summed E-state index contributed by atoms with van der Waals surface area (Å²) in [5, 5.41) is 5.84. The molecule has 154 valence electrons. The maximum Gasteiger partial charge on any atom is 0.249 e. The lowest BCUT2D eigenvalue weighted by atomic mass is 10.1. The van der Waals surface area contributed by atoms with Crippen molar-refractivity contribution < 1.29 is 14.3 Å². The van der Waals surface area contributed by atoms with Gasteiger partial charge >= 0.3 is 0 Å². The molecule has 2 N–H and O–H groups in total. The number of hydrogen-bond donors (Lipinski definition) is 2. The summed E-state index contributed by atoms with van der Waals surface area (Å²) in [4.78, 5) is 27.7. The van der Waals surface area contributed by atoms with Crippen molar-refractivity contribution in [3.63, 3.8) is 0 Å². The van der Waals surface area contributed by atoms with Gasteiger partial charge in [-0.05, 0) is 79.2 Å². The van der Waals surface area contributed by atoms with E-state index in [9.17, 15) is 9.59 Å². The first-order valence-corrected chi connectivity index (χ1v) is 10.7. The Bertz CT molecular complexity index is 903. The zero-order valence-electron chi connectivity index (χ0n) is 16.9. The van der Waals surface area contributed by atoms with Crippen molar-refractivity contribution in [1.29, 1.82) is 0 Å². The standard InChI is InChI=1S/C22H26IN3O3/c1-14(24-2)21(27)25-18-10-8-15-6-4-5-7-19(15)26(22(18)28)13-16-12-17(23)9-11-20(16)29-3/h4-7,9,11-12,14,18,24H,8,10,13H2,1-3H3,(H,25,27)/t14?,18-/m0/s1. The van der Waals surface area contributed by atoms with Gasteiger partial charge in [0.1, 0.15) is 11.8 Å². The number of carbonyl (C=O) groups is 2. The number of likely N-dealkylation sites (N-methyl/N-ethyl adjacent to an activating group) is 1. The van der Waals surface area contributed by atoms with Gasteiger partial charge in [0.2, 0.25) is 11.8 Å². The van der Waals surface area contributed by atoms with Crippen LogP contribution < -0.4 is 20.3 Å². The van der Waals surface area contributed by atoms with Gasteiger partial charge in [-0.2, -0.15) is 0 Å². The van der Waals surface area contributed by atoms with Crippen LogP contribution in [0, 0.1) is 3.57 Å². The monoisotopic (exact) mass is 507 g/mol. The molecule has 3 rings (SSSR count). The van der Waals surface area contributed by atoms with Crippen LogP contribution in [0.25, 0.3) is 0 Å². The van der Waals surface area contributed by atoms with E-state index in [1.54, 1.807) is 26.0 Å². The summed E-state index contributed by atoms with van der Waals surface area (Å²) in [6.07, 6.45) is 1.29. The van der Waals surface area contributed by atoms with E-state index in [2.05, 4.69) is 33.2 Å². The quantitative estimate of drug-likeness (QED) is 0.591. The molecule has 0 saturated heterocycles. The zero-order valence-corrected chi connectivity index (χ0v) is 19.0. The highest BCUT2D eigenvalue weighted by Gasteiger charge is 2.32. The Morgan fingerprint density at radius 1 is 1.31 bits per heavy atom. The van der Waals surface area contributed by atoms with E-state index in [1.165, 1.54) is 0 Å². The molecular formula is C22H26IN3O3. The van der Waals surface area contributed by atoms with Crippen LogP contribution in [0.5, 0.6) is 5.75 Å². The van der Waals surface area contributed by atoms with Crippen molar-refractivity contribution >= 4 is 40.1 Å². The van der Waals surface area contributed by atoms with E-state index in [0.717, 1.165) is 32.6 Å². The average molecular weight is 507 g/mol. The number of ether oxygens (including phenoxy) is 1. The van der Waals surface area contributed by atoms with Gasteiger partial charge < -0.3 is 20.3 Å². The predicted molar refractivity (Wildman–Crippen MR) is 122 cm³/mol. The Labute approximate surface area is 185 Å². The van der Waals surface area contributed by atoms with Crippen molar-refractivity contribution in [3.05, 3.63) is 57.2 Å². The molecular weight excluding hydrogens is 481 g/mol. The molecule has 2 amide bonds. The second-order valence-electron chi connectivity index (χ2n) is 7.12. The lowest BCUT2D eigenvalue weighted by Crippen LogP contribution is -2.52. The Morgan fingerprint density at radius 3 is 2.79 bits per heavy atom. The molecule has 1 unspecified atom stereocenters. The van der Waals surface area contributed by atoms with Crippen LogP contribution in [0.1, 0.15) is 24.5 Å². The van der Waals surface area contributed by atoms with Crippen LogP contribution in [-0.2, 0) is 22.6 Å². The lowest BCUT2D eigenvalue weighted by Gasteiger charge is -2.27. The third kappa shape index (κ3) is 4.90. The SMILES string of the molecule is CNC(C)C(=O)N[C@H]1CCc2ccccc2N(Cc2cc(I)ccc2OC)C1=O. The summed E-state index contributed by atoms with van der Waals surface area (Å²) in [5.74, 6) is 0.459. The van der Waals surface area contributed by atoms with Crippen LogP contribution in [0.4, 0.5) is 5.69 Å². The summed E-state index contributed by atoms with van der Waals surface area (Å²) in [7, 11) is 3.36. The molecule has 1 heterocycles. The maximum atomic E-state index is 13.5. The van der Waals surface area contributed by atoms with Crippen LogP contribution in [0.15, 0.2) is 42.5 Å². The topological polar surface area (TPSA) is 70.7 Å². The number of halogens is 1. The smallest absolute Gasteiger partial charge is 0.249 e. The van der Waals surface area contributed by atoms with Gasteiger partial charge in [-0.1, -0.05) is 18.2 Å². The molecule has 2 aromatic carbocycles. The van der Waals surface area contributed by atoms with Gasteiger partial charge in [0.05, 0.1) is 19.7 Å². The summed E-state index contributed by atoms with van der Waals surface area (Å²) >= 11 is 2.25. The molecule has 0 fully saturated rings. The number of nitrogens with zero attached hydrogens (tertiary/aromatic N) is 1. The Balaban J connectivity index is 1.96. The molecule has 2 atom stereocenters. The first kappa shape index (κ1) is 21.6. The number of amides is 2. The third-order valence-corrected chi connectivity index (χ3v) is 5.93. The van der Waals surface area contributed by atoms with E-state index in [4.69, 9.17) is 4.74 Å². The number of methoxy groups -OCH3 is 1. The summed E-state index contributed by atoms with van der Waals surface area (Å²) in [6, 6.07) is 12.9. The number of aryl methyl sites for hydroxylation is 1. The van der Waals surface area contributed by atoms with Gasteiger partial charge in [-0.15, -0.1) is 0 Å². The Hall–Kier alpha value is -2.13. The molecule has 0 aliphatic carbocycles. The fourth-order valence-corrected chi connectivity index (χ4v) is 4.04. The van der Waals surface area contributed by atoms with Crippen LogP contribution in [-0.4, -0.2) is 38.1 Å². The summed E-state index contributed by atoms with van der Waals surface area (Å²) in [6.45, 7) is 2.16. The highest BCUT2D eigenvalue weighted by Crippen LogP contribution is 2.31. The Kier molecular flexibility index (Phi) is 7.13. The summed E-state index contributed by atoms with van der Waals surface area (Å²) in [5.41, 5.74) is 2.92. The predicted octanol–water partition coefficient (Wildman–Crippen LogP) is 2.87. The van der Waals surface area contributed by atoms with Gasteiger partial charge in [-0.25, -0.2) is 0 Å². The molecule has 6 nitrogen and oxygen atoms in total. The molecule has 2 aromatic rings. The van der Waals surface area contributed by atoms with E-state index in [0.29, 0.717) is 13.0 Å². The van der Waals surface area contributed by atoms with E-state index in [1.807, 2.05) is 42.5 Å². The minimum Gasteiger partial charge on any atom is -0.496 e. The van der Waals surface area contributed by atoms with Crippen molar-refractivity contribution in [1.82, 2.24) is 10.6 Å². The fraction of sp³-hybridized carbons (Fsp3) is 0.364. The fourth-order valence-electron chi connectivity index (χ4n) is 3.48. The average Bonchev–Trinajstić information content (AvgIpc) is 2.85. The molecule has 1 aliphatic rings. The van der Waals surface area contributed by atoms with E-state index >= 15 is 0 Å². The van der Waals surface area contributed by atoms with Crippen LogP contribution >= 0.6 is 22.6 Å². The van der Waals surface area contributed by atoms with E-state index in [-0.39, 0.29) is 17.9 Å². The molecule has 0 spiro atoms. The highest BCUT2D eigenvalue weighted by atomic mass is 127. The molecule has 0 aromatic heterocycles. The zero-order chi connectivity index (χ0) is 21.0. The van der Waals surface area contributed by atoms with Gasteiger partial charge in [0.15, 0.2) is 0 Å². The van der Waals surface area contributed by atoms with Gasteiger partial charge in [0, 0.05) is 14.8 Å². The number of hydrogen-bond acceptors (Lipinski definition) is 4. The third-order valence-electron chi connectivity index (χ3n) is 5.26. The number of benzene rings is 2. The van der Waals surface area contributed by atoms with Crippen molar-refractivity contribution in [2.75, 3.05) is 19.1 Å². The lowest BCUT2D eigenvalue weighted by molar-refractivity contribution is -0.128. The number of rotatable bonds is 6. The van der Waals surface area contributed by atoms with E-state index < -0.39 is 6.04 Å². The van der Waals surface area contributed by atoms with Gasteiger partial charge in [0.25, 0.3) is 0 Å². The highest BCUT2D eigenvalue weighted by molar-refractivity contribution is 14.1. The number of para-hydroxylation sites is 1. The first-order chi connectivity index (χ1) is 13.9. The second kappa shape index (κ2) is 9.58. The largest absolute Gasteiger partial charge is 0.496 e. The summed E-state index contributed by atoms with van der Waals surface area (Å²) < 4.78 is 6.59. The molecule has 0 bridgehead atoms. The number of fused-ring (bicyclic) bond motifs is 1. The molecule has 0 saturated carbocycles. The van der Waals surface area contributed by atoms with Crippen LogP contribution in [0.2, 0.25) is 0 Å². The molecule has 29 heavy (non-hydrogen) atoms. The van der Waals surface area contributed by atoms with Crippen molar-refractivity contribution in [2.24, 2.45) is 0 Å². The number of carbonyl (C=O) groups excluding carboxylic acids is 2. The van der Waals surface area contributed by atoms with Crippen LogP contribution in [0.3, 0.4) is 0 Å². The normalized spacial score (nSPS) is 17.3. The van der Waals surface area contributed by atoms with Crippen molar-refractivity contribution in [2.45, 2.75) is 38.4 Å². The van der Waals surface area contributed by atoms with Crippen molar-refractivity contribution in [3.8, 4) is 5.75 Å². The molecule has 0 radical (unpaired) electrons. The number of anilines is 1. The Morgan fingerprint density at radius 2 is 2.07 bits per heavy atom. The minimum absolute atomic E-state index is 0.104. The second-order valence-corrected chi connectivity index (χ2v) is 8.37. The molecule has 7 heteroatoms. The molecule has 1 aliphatic heterocycles. The maximum absolute atomic E-state index is 13.5. The van der Waals surface area contributed by atoms with Gasteiger partial charge in [-0.3, -0.25) is 9.59 Å². The minimum atomic E-state index is -0.570. The first-order valence-electron chi connectivity index (χ1n) is 9.64. The number of nitrogens with one attached hydrogen (secondary N) is 2.